The molecule has 0 heterocycles. The molecule has 0 aromatic heterocycles. The average Bonchev–Trinajstić information content (AvgIpc) is 0.835. The van der Waals surface area contributed by atoms with Gasteiger partial charge in [0.1, 0.15) is 5.75 Å². The number of hydrogen-bond acceptors (Lipinski definition) is 6. The van der Waals surface area contributed by atoms with Crippen LogP contribution in [-0.2, 0) is 27.0 Å². The van der Waals surface area contributed by atoms with E-state index in [0.717, 1.165) is 5.56 Å². The number of nitro benzene ring substituents is 2. The first-order valence-corrected chi connectivity index (χ1v) is 112. The second kappa shape index (κ2) is 94.1. The van der Waals surface area contributed by atoms with Crippen molar-refractivity contribution in [3.8, 4) is 11.5 Å². The van der Waals surface area contributed by atoms with E-state index in [-0.39, 0.29) is 163 Å². The number of rotatable bonds is 16. The molecule has 684 valence electrons. The summed E-state index contributed by atoms with van der Waals surface area (Å²) in [6, 6.07) is 18.5. The molecule has 0 saturated heterocycles. The van der Waals surface area contributed by atoms with Crippen molar-refractivity contribution in [2.75, 3.05) is 14.2 Å². The van der Waals surface area contributed by atoms with Gasteiger partial charge in [-0.2, -0.15) is 0 Å². The Kier molecular flexibility index (Phi) is 112. The van der Waals surface area contributed by atoms with Crippen LogP contribution in [0.4, 0.5) is 11.4 Å². The molecule has 0 unspecified atom stereocenters. The Labute approximate surface area is 972 Å². The Morgan fingerprint density at radius 2 is 0.574 bits per heavy atom. The van der Waals surface area contributed by atoms with Crippen LogP contribution < -0.4 is 22.7 Å². The maximum absolute atomic E-state index is 10.5. The van der Waals surface area contributed by atoms with Gasteiger partial charge in [0.15, 0.2) is 0 Å². The van der Waals surface area contributed by atoms with Crippen LogP contribution in [0.1, 0.15) is 306 Å². The van der Waals surface area contributed by atoms with Crippen LogP contribution in [0.2, 0.25) is 0 Å². The molecule has 0 radical (unpaired) electrons. The number of ether oxygens (including phenoxy) is 2. The standard InChI is InChI=1S/3C18H33P.C9H9NO3.C8H7NO3.C7H6.4ClH.I4.I3.4I2.5HI.2Ru/c3*1-4-10-16(11-5-1)19(17-12-6-2-7-13-17)18-14-8-3-9-15-18;1-3-7-6-8(10(11)12)4-5-9(7)13-2;1-6-5-7(9(10)11)3-4-8(6)12-2;1-7-5-3-2-4-6-7;;;;;1-4(2)3;1-3-2;4*1-2;;;;;;;/h3*16-18H,1-15H2;3-6H,1H2,2H3;1,3-5H,2H3;1-6H;4*1H;;;;;;;5*1H;;/q;;;;;;;;;;;-1;;;;;;;;;;2*+2/p-1. The molecular weight excluding hydrogens is 4040 g/mol. The van der Waals surface area contributed by atoms with E-state index in [1.807, 2.05) is 34.9 Å². The molecule has 0 N–H and O–H groups in total. The molecule has 9 fully saturated rings. The van der Waals surface area contributed by atoms with Gasteiger partial charge in [-0.05, 0) is 237 Å². The van der Waals surface area contributed by atoms with Crippen molar-refractivity contribution in [1.82, 2.24) is 0 Å². The van der Waals surface area contributed by atoms with E-state index in [9.17, 15) is 20.2 Å². The molecule has 37 heteroatoms. The summed E-state index contributed by atoms with van der Waals surface area (Å²) in [6.07, 6.45) is 72.9. The van der Waals surface area contributed by atoms with Gasteiger partial charge < -0.3 is 4.74 Å². The molecule has 0 spiro atoms. The summed E-state index contributed by atoms with van der Waals surface area (Å²) in [5, 5.41) is 20.9. The molecule has 9 aliphatic rings. The van der Waals surface area contributed by atoms with Crippen LogP contribution >= 0.6 is 432 Å². The van der Waals surface area contributed by atoms with Gasteiger partial charge >= 0.3 is 287 Å². The zero-order valence-electron chi connectivity index (χ0n) is 66.1. The summed E-state index contributed by atoms with van der Waals surface area (Å²) in [5.41, 5.74) is 13.4. The molecule has 9 saturated carbocycles. The van der Waals surface area contributed by atoms with Crippen molar-refractivity contribution in [3.63, 3.8) is 0 Å². The summed E-state index contributed by atoms with van der Waals surface area (Å²) in [6.45, 7) is 3.54. The van der Waals surface area contributed by atoms with Crippen molar-refractivity contribution < 1.29 is 59.6 Å². The van der Waals surface area contributed by atoms with E-state index < -0.39 is 36.9 Å². The number of nitrogens with zero attached hydrogens (tertiary/aromatic N) is 2. The Balaban J connectivity index is -0.000000407. The van der Waals surface area contributed by atoms with Crippen molar-refractivity contribution in [3.05, 3.63) is 110 Å². The van der Waals surface area contributed by atoms with E-state index >= 15 is 0 Å². The minimum absolute atomic E-state index is 0. The van der Waals surface area contributed by atoms with Gasteiger partial charge in [0, 0.05) is 190 Å². The Hall–Kier alpha value is 13.8. The zero-order valence-corrected chi connectivity index (χ0v) is 120. The maximum atomic E-state index is 10.5. The third-order valence-corrected chi connectivity index (χ3v) is 40.3. The Morgan fingerprint density at radius 1 is 0.383 bits per heavy atom. The normalized spacial score (nSPS) is 18.5. The first-order chi connectivity index (χ1) is 53.5. The number of nitro groups is 2. The van der Waals surface area contributed by atoms with Gasteiger partial charge in [0.05, 0.1) is 63.0 Å². The summed E-state index contributed by atoms with van der Waals surface area (Å²) >= 11 is 26.1. The summed E-state index contributed by atoms with van der Waals surface area (Å²) in [4.78, 5) is 20.0. The van der Waals surface area contributed by atoms with Crippen LogP contribution in [0.15, 0.2) is 73.3 Å². The second-order valence-electron chi connectivity index (χ2n) is 29.3. The molecule has 0 amide bonds. The Bertz CT molecular complexity index is 2580. The van der Waals surface area contributed by atoms with Crippen molar-refractivity contribution in [1.29, 1.82) is 0 Å². The van der Waals surface area contributed by atoms with Gasteiger partial charge in [-0.15, -0.1) is 120 Å². The van der Waals surface area contributed by atoms with E-state index in [1.54, 1.807) is 300 Å². The summed E-state index contributed by atoms with van der Waals surface area (Å²) in [7, 11) is 25.2. The SMILES string of the molecule is C1CCC([PH+](C2CCCCC2)C2CCCCC2)CC1.C1CCC([PH+](C2CCCCC2)C2CCCCC2)CC1.C1CCC([PH+](C2CCCCC2)C2CCCCC2)CC1.C=Cc1cc([N+](=O)[O-])ccc1OC.COc1ccc([N+](=O)[O-])cc1[CH]=[Ru]([Cl])[Cl].I.I.I.I.I.II.II.II.II.II(I)I.I[I-]I.[Cl][Ru]([Cl])=[CH]c1ccccc1. The molecular formula is C78H129Cl4I20N2O6P3Ru2+2. The fourth-order valence-electron chi connectivity index (χ4n) is 18.5. The molecule has 0 aliphatic heterocycles. The first-order valence-electron chi connectivity index (χ1n) is 39.2. The monoisotopic (exact) mass is 4160 g/mol. The second-order valence-corrected chi connectivity index (χ2v) is 116. The van der Waals surface area contributed by atoms with Crippen molar-refractivity contribution in [2.45, 2.75) is 340 Å². The fourth-order valence-corrected chi connectivity index (χ4v) is 37.8. The third-order valence-electron chi connectivity index (χ3n) is 22.9. The number of non-ortho nitro benzene ring substituents is 2. The number of methoxy groups -OCH3 is 2. The van der Waals surface area contributed by atoms with Gasteiger partial charge in [0.2, 0.25) is 0 Å². The van der Waals surface area contributed by atoms with Gasteiger partial charge in [-0.3, -0.25) is 10.1 Å². The van der Waals surface area contributed by atoms with Gasteiger partial charge in [-0.25, -0.2) is 0 Å². The molecule has 3 aromatic carbocycles. The van der Waals surface area contributed by atoms with Crippen molar-refractivity contribution in [2.24, 2.45) is 0 Å². The van der Waals surface area contributed by atoms with E-state index in [0.29, 0.717) is 35.9 Å². The van der Waals surface area contributed by atoms with Crippen LogP contribution in [0.5, 0.6) is 11.5 Å². The van der Waals surface area contributed by atoms with Crippen LogP contribution in [0.3, 0.4) is 0 Å². The van der Waals surface area contributed by atoms with E-state index in [1.165, 1.54) is 102 Å². The molecule has 0 bridgehead atoms. The van der Waals surface area contributed by atoms with Crippen LogP contribution in [0.25, 0.3) is 6.08 Å². The molecule has 8 nitrogen and oxygen atoms in total. The summed E-state index contributed by atoms with van der Waals surface area (Å²) < 4.78 is 13.5. The number of benzene rings is 3. The molecule has 9 aliphatic carbocycles. The predicted molar refractivity (Wildman–Crippen MR) is 690 cm³/mol. The third kappa shape index (κ3) is 64.0. The van der Waals surface area contributed by atoms with Gasteiger partial charge in [0.25, 0.3) is 5.69 Å². The average molecular weight is 4170 g/mol. The molecule has 0 atom stereocenters. The predicted octanol–water partition coefficient (Wildman–Crippen LogP) is 38.8. The number of halogens is 24. The molecule has 115 heavy (non-hydrogen) atoms. The summed E-state index contributed by atoms with van der Waals surface area (Å²) in [5.74, 6) is 1.11. The van der Waals surface area contributed by atoms with E-state index in [4.69, 9.17) is 48.2 Å². The van der Waals surface area contributed by atoms with Gasteiger partial charge in [-0.1, -0.05) is 70.4 Å². The minimum atomic E-state index is -2.01. The zero-order chi connectivity index (χ0) is 81.7. The number of hydrogen-bond donors (Lipinski definition) is 0. The topological polar surface area (TPSA) is 105 Å². The first kappa shape index (κ1) is 137. The van der Waals surface area contributed by atoms with Crippen LogP contribution in [-0.4, -0.2) is 84.2 Å². The van der Waals surface area contributed by atoms with Crippen LogP contribution in [0, 0.1) is 20.2 Å². The van der Waals surface area contributed by atoms with E-state index in [2.05, 4.69) is 249 Å². The Morgan fingerprint density at radius 3 is 0.748 bits per heavy atom. The molecule has 12 rings (SSSR count). The molecule has 3 aromatic rings. The fraction of sp³-hybridized carbons (Fsp3) is 0.718. The quantitative estimate of drug-likeness (QED) is 0.0465. The van der Waals surface area contributed by atoms with Crippen molar-refractivity contribution >= 4 is 459 Å².